The van der Waals surface area contributed by atoms with Crippen molar-refractivity contribution in [2.75, 3.05) is 5.32 Å². The first-order valence-electron chi connectivity index (χ1n) is 9.14. The number of anilines is 1. The van der Waals surface area contributed by atoms with Gasteiger partial charge in [-0.3, -0.25) is 4.79 Å². The van der Waals surface area contributed by atoms with Crippen LogP contribution < -0.4 is 5.32 Å². The average Bonchev–Trinajstić information content (AvgIpc) is 3.25. The lowest BCUT2D eigenvalue weighted by Crippen LogP contribution is -2.29. The van der Waals surface area contributed by atoms with E-state index in [2.05, 4.69) is 15.3 Å². The van der Waals surface area contributed by atoms with Gasteiger partial charge in [0.25, 0.3) is 5.91 Å². The third-order valence-electron chi connectivity index (χ3n) is 5.43. The fourth-order valence-electron chi connectivity index (χ4n) is 3.89. The van der Waals surface area contributed by atoms with E-state index in [9.17, 15) is 15.0 Å². The molecular weight excluding hydrogens is 344 g/mol. The van der Waals surface area contributed by atoms with Crippen LogP contribution in [-0.4, -0.2) is 42.9 Å². The zero-order chi connectivity index (χ0) is 19.0. The van der Waals surface area contributed by atoms with Gasteiger partial charge >= 0.3 is 0 Å². The van der Waals surface area contributed by atoms with Gasteiger partial charge in [-0.2, -0.15) is 0 Å². The minimum atomic E-state index is -0.845. The summed E-state index contributed by atoms with van der Waals surface area (Å²) in [7, 11) is 0. The van der Waals surface area contributed by atoms with Crippen LogP contribution in [0.25, 0.3) is 11.0 Å². The molecule has 140 valence electrons. The highest BCUT2D eigenvalue weighted by Gasteiger charge is 2.41. The molecule has 2 aromatic heterocycles. The van der Waals surface area contributed by atoms with Crippen LogP contribution in [0, 0.1) is 5.92 Å². The average molecular weight is 366 g/mol. The van der Waals surface area contributed by atoms with Gasteiger partial charge in [-0.1, -0.05) is 31.5 Å². The third-order valence-corrected chi connectivity index (χ3v) is 5.43. The number of carbonyl (C=O) groups is 1. The Morgan fingerprint density at radius 1 is 1.19 bits per heavy atom. The molecule has 4 rings (SSSR count). The SMILES string of the molecule is CCC1CC(n2ccc3c(NC(=O)c4ccccc4)ncnc32)C(O)C1O. The predicted octanol–water partition coefficient (Wildman–Crippen LogP) is 2.38. The van der Waals surface area contributed by atoms with Gasteiger partial charge < -0.3 is 20.1 Å². The van der Waals surface area contributed by atoms with E-state index in [4.69, 9.17) is 0 Å². The van der Waals surface area contributed by atoms with Crippen molar-refractivity contribution in [1.29, 1.82) is 0 Å². The van der Waals surface area contributed by atoms with Crippen molar-refractivity contribution < 1.29 is 15.0 Å². The highest BCUT2D eigenvalue weighted by Crippen LogP contribution is 2.39. The number of nitrogens with zero attached hydrogens (tertiary/aromatic N) is 3. The maximum Gasteiger partial charge on any atom is 0.256 e. The number of benzene rings is 1. The largest absolute Gasteiger partial charge is 0.390 e. The Kier molecular flexibility index (Phi) is 4.63. The molecule has 1 amide bonds. The molecule has 2 heterocycles. The number of hydrogen-bond acceptors (Lipinski definition) is 5. The van der Waals surface area contributed by atoms with Crippen LogP contribution in [0.2, 0.25) is 0 Å². The number of rotatable bonds is 4. The lowest BCUT2D eigenvalue weighted by Gasteiger charge is -2.19. The molecule has 0 radical (unpaired) electrons. The van der Waals surface area contributed by atoms with E-state index in [1.165, 1.54) is 6.33 Å². The maximum absolute atomic E-state index is 12.4. The lowest BCUT2D eigenvalue weighted by atomic mass is 10.0. The van der Waals surface area contributed by atoms with E-state index in [0.717, 1.165) is 6.42 Å². The second-order valence-electron chi connectivity index (χ2n) is 6.96. The predicted molar refractivity (Wildman–Crippen MR) is 101 cm³/mol. The summed E-state index contributed by atoms with van der Waals surface area (Å²) in [5.74, 6) is 0.236. The molecule has 3 aromatic rings. The monoisotopic (exact) mass is 366 g/mol. The van der Waals surface area contributed by atoms with Gasteiger partial charge in [0.05, 0.1) is 17.5 Å². The summed E-state index contributed by atoms with van der Waals surface area (Å²) in [6.45, 7) is 2.01. The van der Waals surface area contributed by atoms with Crippen molar-refractivity contribution in [3.63, 3.8) is 0 Å². The van der Waals surface area contributed by atoms with Crippen LogP contribution in [0.15, 0.2) is 48.9 Å². The van der Waals surface area contributed by atoms with Crippen LogP contribution in [0.1, 0.15) is 36.2 Å². The number of fused-ring (bicyclic) bond motifs is 1. The topological polar surface area (TPSA) is 100 Å². The van der Waals surface area contributed by atoms with Gasteiger partial charge in [0.15, 0.2) is 0 Å². The summed E-state index contributed by atoms with van der Waals surface area (Å²) >= 11 is 0. The van der Waals surface area contributed by atoms with Gasteiger partial charge in [-0.25, -0.2) is 9.97 Å². The zero-order valence-electron chi connectivity index (χ0n) is 15.0. The van der Waals surface area contributed by atoms with Crippen molar-refractivity contribution in [1.82, 2.24) is 14.5 Å². The molecule has 0 bridgehead atoms. The van der Waals surface area contributed by atoms with Crippen LogP contribution in [-0.2, 0) is 0 Å². The Labute approximate surface area is 156 Å². The number of aromatic nitrogens is 3. The van der Waals surface area contributed by atoms with Crippen LogP contribution in [0.3, 0.4) is 0 Å². The van der Waals surface area contributed by atoms with E-state index < -0.39 is 12.2 Å². The Morgan fingerprint density at radius 3 is 2.67 bits per heavy atom. The molecule has 27 heavy (non-hydrogen) atoms. The number of hydrogen-bond donors (Lipinski definition) is 3. The van der Waals surface area contributed by atoms with E-state index >= 15 is 0 Å². The van der Waals surface area contributed by atoms with E-state index in [1.54, 1.807) is 24.3 Å². The quantitative estimate of drug-likeness (QED) is 0.658. The Morgan fingerprint density at radius 2 is 1.96 bits per heavy atom. The summed E-state index contributed by atoms with van der Waals surface area (Å²) < 4.78 is 1.87. The van der Waals surface area contributed by atoms with Crippen molar-refractivity contribution in [3.05, 3.63) is 54.5 Å². The van der Waals surface area contributed by atoms with E-state index in [0.29, 0.717) is 28.8 Å². The van der Waals surface area contributed by atoms with E-state index in [-0.39, 0.29) is 17.9 Å². The molecule has 0 spiro atoms. The molecule has 1 aliphatic rings. The Bertz CT molecular complexity index is 956. The first kappa shape index (κ1) is 17.6. The molecule has 7 nitrogen and oxygen atoms in total. The summed E-state index contributed by atoms with van der Waals surface area (Å²) in [5, 5.41) is 24.2. The first-order valence-corrected chi connectivity index (χ1v) is 9.14. The van der Waals surface area contributed by atoms with Crippen LogP contribution in [0.5, 0.6) is 0 Å². The molecule has 1 fully saturated rings. The normalized spacial score (nSPS) is 25.0. The summed E-state index contributed by atoms with van der Waals surface area (Å²) in [6, 6.07) is 10.5. The Hall–Kier alpha value is -2.77. The van der Waals surface area contributed by atoms with Crippen molar-refractivity contribution in [2.24, 2.45) is 5.92 Å². The highest BCUT2D eigenvalue weighted by molar-refractivity contribution is 6.07. The fourth-order valence-corrected chi connectivity index (χ4v) is 3.89. The molecule has 0 saturated heterocycles. The van der Waals surface area contributed by atoms with Crippen LogP contribution in [0.4, 0.5) is 5.82 Å². The number of aliphatic hydroxyl groups is 2. The zero-order valence-corrected chi connectivity index (χ0v) is 15.0. The molecule has 4 atom stereocenters. The molecular formula is C20H22N4O3. The van der Waals surface area contributed by atoms with Gasteiger partial charge in [-0.15, -0.1) is 0 Å². The first-order chi connectivity index (χ1) is 13.1. The maximum atomic E-state index is 12.4. The summed E-state index contributed by atoms with van der Waals surface area (Å²) in [5.41, 5.74) is 1.17. The second-order valence-corrected chi connectivity index (χ2v) is 6.96. The minimum Gasteiger partial charge on any atom is -0.390 e. The number of amides is 1. The molecule has 7 heteroatoms. The molecule has 3 N–H and O–H groups in total. The second kappa shape index (κ2) is 7.09. The smallest absolute Gasteiger partial charge is 0.256 e. The molecule has 1 saturated carbocycles. The summed E-state index contributed by atoms with van der Waals surface area (Å²) in [4.78, 5) is 21.0. The van der Waals surface area contributed by atoms with Gasteiger partial charge in [0.1, 0.15) is 23.9 Å². The van der Waals surface area contributed by atoms with Crippen LogP contribution >= 0.6 is 0 Å². The number of carbonyl (C=O) groups excluding carboxylic acids is 1. The van der Waals surface area contributed by atoms with Crippen molar-refractivity contribution in [3.8, 4) is 0 Å². The van der Waals surface area contributed by atoms with Gasteiger partial charge in [0.2, 0.25) is 0 Å². The standard InChI is InChI=1S/C20H22N4O3/c1-2-12-10-15(17(26)16(12)25)24-9-8-14-18(21-11-22-19(14)24)23-20(27)13-6-4-3-5-7-13/h3-9,11-12,15-17,25-26H,2,10H2,1H3,(H,21,22,23,27). The highest BCUT2D eigenvalue weighted by atomic mass is 16.3. The minimum absolute atomic E-state index is 0.0570. The number of nitrogens with one attached hydrogen (secondary N) is 1. The fraction of sp³-hybridized carbons (Fsp3) is 0.350. The Balaban J connectivity index is 1.65. The van der Waals surface area contributed by atoms with E-state index in [1.807, 2.05) is 29.8 Å². The molecule has 1 aliphatic carbocycles. The van der Waals surface area contributed by atoms with Crippen molar-refractivity contribution >= 4 is 22.8 Å². The summed E-state index contributed by atoms with van der Waals surface area (Å²) in [6.07, 6.45) is 3.13. The van der Waals surface area contributed by atoms with Gasteiger partial charge in [0, 0.05) is 11.8 Å². The molecule has 1 aromatic carbocycles. The third kappa shape index (κ3) is 3.09. The molecule has 4 unspecified atom stereocenters. The lowest BCUT2D eigenvalue weighted by molar-refractivity contribution is 0.00619. The van der Waals surface area contributed by atoms with Crippen molar-refractivity contribution in [2.45, 2.75) is 38.0 Å². The van der Waals surface area contributed by atoms with Gasteiger partial charge in [-0.05, 0) is 30.5 Å². The molecule has 0 aliphatic heterocycles. The number of aliphatic hydroxyl groups excluding tert-OH is 2.